The molecule has 15 nitrogen and oxygen atoms in total. The smallest absolute Gasteiger partial charge is 0.303 e. The van der Waals surface area contributed by atoms with E-state index >= 15 is 0 Å². The SMILES string of the molecule is NC(=O)C(CCC(=O)O)NC(=O)CCNC(=O)CCO[C@@H]([C@H](O)[C@H](O)CO)[C@H](C=O)NC(=O)c1ccccc1. The van der Waals surface area contributed by atoms with E-state index in [1.165, 1.54) is 12.1 Å². The van der Waals surface area contributed by atoms with Gasteiger partial charge in [0, 0.05) is 31.4 Å². The number of carbonyl (C=O) groups is 6. The van der Waals surface area contributed by atoms with E-state index in [0.29, 0.717) is 0 Å². The van der Waals surface area contributed by atoms with Crippen LogP contribution in [0.2, 0.25) is 0 Å². The maximum Gasteiger partial charge on any atom is 0.303 e. The lowest BCUT2D eigenvalue weighted by Crippen LogP contribution is -2.55. The molecule has 0 fully saturated rings. The molecule has 216 valence electrons. The van der Waals surface area contributed by atoms with Crippen LogP contribution in [-0.4, -0.2) is 106 Å². The molecule has 5 atom stereocenters. The van der Waals surface area contributed by atoms with Crippen LogP contribution >= 0.6 is 0 Å². The van der Waals surface area contributed by atoms with Crippen LogP contribution in [0.15, 0.2) is 30.3 Å². The number of rotatable bonds is 19. The molecule has 0 aliphatic carbocycles. The molecule has 1 aromatic rings. The predicted molar refractivity (Wildman–Crippen MR) is 133 cm³/mol. The van der Waals surface area contributed by atoms with Crippen molar-refractivity contribution in [1.29, 1.82) is 0 Å². The number of amides is 4. The lowest BCUT2D eigenvalue weighted by molar-refractivity contribution is -0.138. The van der Waals surface area contributed by atoms with E-state index in [1.54, 1.807) is 18.2 Å². The van der Waals surface area contributed by atoms with Crippen molar-refractivity contribution in [3.8, 4) is 0 Å². The van der Waals surface area contributed by atoms with E-state index in [-0.39, 0.29) is 50.7 Å². The number of ether oxygens (including phenoxy) is 1. The monoisotopic (exact) mass is 554 g/mol. The van der Waals surface area contributed by atoms with Crippen LogP contribution in [0, 0.1) is 0 Å². The molecule has 1 unspecified atom stereocenters. The van der Waals surface area contributed by atoms with Crippen LogP contribution in [0.5, 0.6) is 0 Å². The fraction of sp³-hybridized carbons (Fsp3) is 0.500. The van der Waals surface area contributed by atoms with Gasteiger partial charge in [-0.15, -0.1) is 0 Å². The summed E-state index contributed by atoms with van der Waals surface area (Å²) < 4.78 is 5.43. The molecule has 0 bridgehead atoms. The minimum absolute atomic E-state index is 0.144. The molecule has 0 aliphatic heterocycles. The van der Waals surface area contributed by atoms with Crippen molar-refractivity contribution in [2.75, 3.05) is 19.8 Å². The number of carbonyl (C=O) groups excluding carboxylic acids is 5. The number of aliphatic hydroxyl groups is 3. The third-order valence-corrected chi connectivity index (χ3v) is 5.39. The maximum absolute atomic E-state index is 12.4. The lowest BCUT2D eigenvalue weighted by Gasteiger charge is -2.30. The minimum atomic E-state index is -1.80. The number of nitrogens with one attached hydrogen (secondary N) is 3. The highest BCUT2D eigenvalue weighted by molar-refractivity contribution is 5.95. The van der Waals surface area contributed by atoms with Crippen molar-refractivity contribution < 1.29 is 53.9 Å². The number of carboxylic acid groups (broad SMARTS) is 1. The largest absolute Gasteiger partial charge is 0.481 e. The summed E-state index contributed by atoms with van der Waals surface area (Å²) in [4.78, 5) is 70.2. The van der Waals surface area contributed by atoms with Gasteiger partial charge in [-0.2, -0.15) is 0 Å². The summed E-state index contributed by atoms with van der Waals surface area (Å²) in [7, 11) is 0. The Morgan fingerprint density at radius 2 is 1.64 bits per heavy atom. The van der Waals surface area contributed by atoms with Crippen molar-refractivity contribution >= 4 is 35.9 Å². The zero-order valence-corrected chi connectivity index (χ0v) is 21.0. The molecule has 0 aliphatic rings. The highest BCUT2D eigenvalue weighted by Gasteiger charge is 2.35. The molecule has 0 saturated carbocycles. The summed E-state index contributed by atoms with van der Waals surface area (Å²) in [5.74, 6) is -3.97. The molecule has 1 aromatic carbocycles. The molecule has 1 rings (SSSR count). The van der Waals surface area contributed by atoms with Crippen molar-refractivity contribution in [3.05, 3.63) is 35.9 Å². The van der Waals surface area contributed by atoms with E-state index in [9.17, 15) is 44.1 Å². The quantitative estimate of drug-likeness (QED) is 0.0791. The average Bonchev–Trinajstić information content (AvgIpc) is 2.91. The molecule has 0 heterocycles. The zero-order chi connectivity index (χ0) is 29.4. The van der Waals surface area contributed by atoms with Crippen LogP contribution in [0.4, 0.5) is 0 Å². The fourth-order valence-electron chi connectivity index (χ4n) is 3.27. The number of carboxylic acids is 1. The Hall–Kier alpha value is -3.92. The number of primary amides is 1. The highest BCUT2D eigenvalue weighted by Crippen LogP contribution is 2.11. The molecular formula is C24H34N4O11. The van der Waals surface area contributed by atoms with Crippen LogP contribution in [0.3, 0.4) is 0 Å². The Balaban J connectivity index is 2.61. The number of aldehydes is 1. The fourth-order valence-corrected chi connectivity index (χ4v) is 3.27. The summed E-state index contributed by atoms with van der Waals surface area (Å²) in [6.07, 6.45) is -5.86. The first kappa shape index (κ1) is 33.1. The Bertz CT molecular complexity index is 976. The van der Waals surface area contributed by atoms with Crippen LogP contribution in [0.1, 0.15) is 36.0 Å². The number of hydrogen-bond acceptors (Lipinski definition) is 10. The lowest BCUT2D eigenvalue weighted by atomic mass is 10.0. The van der Waals surface area contributed by atoms with Crippen molar-refractivity contribution in [2.24, 2.45) is 5.73 Å². The van der Waals surface area contributed by atoms with Crippen molar-refractivity contribution in [3.63, 3.8) is 0 Å². The van der Waals surface area contributed by atoms with E-state index < -0.39 is 66.6 Å². The van der Waals surface area contributed by atoms with Crippen molar-refractivity contribution in [1.82, 2.24) is 16.0 Å². The summed E-state index contributed by atoms with van der Waals surface area (Å²) in [6.45, 7) is -1.38. The normalized spacial score (nSPS) is 14.6. The second-order valence-corrected chi connectivity index (χ2v) is 8.38. The maximum atomic E-state index is 12.4. The van der Waals surface area contributed by atoms with Crippen LogP contribution in [-0.2, 0) is 28.7 Å². The topological polar surface area (TPSA) is 255 Å². The molecule has 9 N–H and O–H groups in total. The van der Waals surface area contributed by atoms with E-state index in [0.717, 1.165) is 0 Å². The Labute approximate surface area is 223 Å². The summed E-state index contributed by atoms with van der Waals surface area (Å²) in [6, 6.07) is 5.23. The van der Waals surface area contributed by atoms with Gasteiger partial charge >= 0.3 is 5.97 Å². The number of nitrogens with two attached hydrogens (primary N) is 1. The van der Waals surface area contributed by atoms with Gasteiger partial charge in [-0.3, -0.25) is 24.0 Å². The van der Waals surface area contributed by atoms with Gasteiger partial charge in [0.25, 0.3) is 5.91 Å². The van der Waals surface area contributed by atoms with E-state index in [1.807, 2.05) is 0 Å². The van der Waals surface area contributed by atoms with Gasteiger partial charge in [0.15, 0.2) is 0 Å². The van der Waals surface area contributed by atoms with Gasteiger partial charge in [-0.1, -0.05) is 18.2 Å². The van der Waals surface area contributed by atoms with Gasteiger partial charge in [0.1, 0.15) is 36.7 Å². The number of aliphatic carboxylic acids is 1. The van der Waals surface area contributed by atoms with Crippen LogP contribution in [0.25, 0.3) is 0 Å². The molecular weight excluding hydrogens is 520 g/mol. The van der Waals surface area contributed by atoms with Gasteiger partial charge in [-0.05, 0) is 18.6 Å². The summed E-state index contributed by atoms with van der Waals surface area (Å²) in [5, 5.41) is 45.1. The molecule has 0 aromatic heterocycles. The average molecular weight is 555 g/mol. The molecule has 15 heteroatoms. The van der Waals surface area contributed by atoms with Gasteiger partial charge in [0.05, 0.1) is 13.2 Å². The molecule has 0 saturated heterocycles. The van der Waals surface area contributed by atoms with Crippen LogP contribution < -0.4 is 21.7 Å². The second-order valence-electron chi connectivity index (χ2n) is 8.38. The molecule has 4 amide bonds. The third kappa shape index (κ3) is 12.4. The molecule has 39 heavy (non-hydrogen) atoms. The Morgan fingerprint density at radius 1 is 0.974 bits per heavy atom. The number of benzene rings is 1. The van der Waals surface area contributed by atoms with Gasteiger partial charge in [-0.25, -0.2) is 0 Å². The zero-order valence-electron chi connectivity index (χ0n) is 21.0. The highest BCUT2D eigenvalue weighted by atomic mass is 16.5. The first-order valence-corrected chi connectivity index (χ1v) is 12.0. The first-order chi connectivity index (χ1) is 18.5. The second kappa shape index (κ2) is 17.6. The molecule has 0 radical (unpaired) electrons. The number of hydrogen-bond donors (Lipinski definition) is 8. The third-order valence-electron chi connectivity index (χ3n) is 5.39. The Kier molecular flexibility index (Phi) is 14.9. The summed E-state index contributed by atoms with van der Waals surface area (Å²) >= 11 is 0. The van der Waals surface area contributed by atoms with Crippen molar-refractivity contribution in [2.45, 2.75) is 56.1 Å². The van der Waals surface area contributed by atoms with E-state index in [4.69, 9.17) is 15.6 Å². The standard InChI is InChI=1S/C24H34N4O11/c25-23(37)15(6-7-20(34)35)27-19(33)8-10-26-18(32)9-11-39-22(21(36)17(31)13-30)16(12-29)28-24(38)14-4-2-1-3-5-14/h1-5,12,15-17,21-22,30-31,36H,6-11,13H2,(H2,25,37)(H,26,32)(H,27,33)(H,28,38)(H,34,35)/t15?,16-,17+,21+,22+/m0/s1. The first-order valence-electron chi connectivity index (χ1n) is 12.0. The summed E-state index contributed by atoms with van der Waals surface area (Å²) in [5.41, 5.74) is 5.36. The minimum Gasteiger partial charge on any atom is -0.481 e. The number of aliphatic hydroxyl groups excluding tert-OH is 3. The molecule has 0 spiro atoms. The Morgan fingerprint density at radius 3 is 2.21 bits per heavy atom. The van der Waals surface area contributed by atoms with E-state index in [2.05, 4.69) is 16.0 Å². The predicted octanol–water partition coefficient (Wildman–Crippen LogP) is -3.19. The van der Waals surface area contributed by atoms with Gasteiger partial charge in [0.2, 0.25) is 17.7 Å². The van der Waals surface area contributed by atoms with Gasteiger partial charge < -0.3 is 51.6 Å².